The average molecular weight is 325 g/mol. The lowest BCUT2D eigenvalue weighted by atomic mass is 10.1. The van der Waals surface area contributed by atoms with Crippen LogP contribution in [0.5, 0.6) is 5.75 Å². The highest BCUT2D eigenvalue weighted by Gasteiger charge is 2.05. The van der Waals surface area contributed by atoms with E-state index in [0.717, 1.165) is 27.7 Å². The first-order chi connectivity index (χ1) is 11.3. The first kappa shape index (κ1) is 15.2. The van der Waals surface area contributed by atoms with E-state index in [-0.39, 0.29) is 0 Å². The monoisotopic (exact) mass is 325 g/mol. The summed E-state index contributed by atoms with van der Waals surface area (Å²) in [5.74, 6) is 1.63. The Morgan fingerprint density at radius 2 is 2.09 bits per heavy atom. The molecule has 2 aromatic heterocycles. The summed E-state index contributed by atoms with van der Waals surface area (Å²) in [5.41, 5.74) is 2.08. The van der Waals surface area contributed by atoms with E-state index in [1.54, 1.807) is 36.0 Å². The third kappa shape index (κ3) is 4.17. The Morgan fingerprint density at radius 3 is 2.83 bits per heavy atom. The number of hydrogen-bond acceptors (Lipinski definition) is 6. The van der Waals surface area contributed by atoms with Gasteiger partial charge >= 0.3 is 0 Å². The number of thioether (sulfide) groups is 1. The molecule has 0 N–H and O–H groups in total. The van der Waals surface area contributed by atoms with Gasteiger partial charge in [-0.3, -0.25) is 0 Å². The first-order valence-electron chi connectivity index (χ1n) is 6.95. The number of hydrogen-bond donors (Lipinski definition) is 0. The van der Waals surface area contributed by atoms with Gasteiger partial charge in [-0.05, 0) is 35.9 Å². The SMILES string of the molecule is COc1ccc(/C=N/n2cnnc2)cc1CSc1ccccn1. The van der Waals surface area contributed by atoms with Crippen molar-refractivity contribution in [1.29, 1.82) is 0 Å². The van der Waals surface area contributed by atoms with Gasteiger partial charge in [-0.1, -0.05) is 6.07 Å². The lowest BCUT2D eigenvalue weighted by Crippen LogP contribution is -1.94. The minimum atomic E-state index is 0.772. The molecule has 0 atom stereocenters. The summed E-state index contributed by atoms with van der Waals surface area (Å²) in [4.78, 5) is 4.32. The first-order valence-corrected chi connectivity index (χ1v) is 7.93. The minimum Gasteiger partial charge on any atom is -0.496 e. The summed E-state index contributed by atoms with van der Waals surface area (Å²) < 4.78 is 6.98. The van der Waals surface area contributed by atoms with E-state index < -0.39 is 0 Å². The van der Waals surface area contributed by atoms with Gasteiger partial charge in [0.2, 0.25) is 0 Å². The molecule has 23 heavy (non-hydrogen) atoms. The molecule has 0 aliphatic rings. The number of benzene rings is 1. The summed E-state index contributed by atoms with van der Waals surface area (Å²) in [5, 5.41) is 12.7. The molecule has 0 radical (unpaired) electrons. The van der Waals surface area contributed by atoms with Crippen molar-refractivity contribution >= 4 is 18.0 Å². The van der Waals surface area contributed by atoms with Crippen LogP contribution in [0.25, 0.3) is 0 Å². The van der Waals surface area contributed by atoms with E-state index in [0.29, 0.717) is 0 Å². The number of methoxy groups -OCH3 is 1. The van der Waals surface area contributed by atoms with Gasteiger partial charge in [0.05, 0.1) is 18.4 Å². The summed E-state index contributed by atoms with van der Waals surface area (Å²) >= 11 is 1.67. The molecule has 0 saturated heterocycles. The van der Waals surface area contributed by atoms with Gasteiger partial charge in [-0.15, -0.1) is 22.0 Å². The van der Waals surface area contributed by atoms with E-state index in [1.165, 1.54) is 12.7 Å². The molecule has 0 fully saturated rings. The van der Waals surface area contributed by atoms with Gasteiger partial charge in [-0.25, -0.2) is 9.66 Å². The van der Waals surface area contributed by atoms with Crippen molar-refractivity contribution in [3.63, 3.8) is 0 Å². The maximum absolute atomic E-state index is 5.44. The maximum atomic E-state index is 5.44. The highest BCUT2D eigenvalue weighted by Crippen LogP contribution is 2.27. The molecule has 0 aliphatic heterocycles. The zero-order valence-corrected chi connectivity index (χ0v) is 13.3. The average Bonchev–Trinajstić information content (AvgIpc) is 3.12. The van der Waals surface area contributed by atoms with Crippen molar-refractivity contribution in [1.82, 2.24) is 19.9 Å². The molecule has 1 aromatic carbocycles. The third-order valence-electron chi connectivity index (χ3n) is 3.06. The van der Waals surface area contributed by atoms with Crippen LogP contribution in [0.15, 0.2) is 65.4 Å². The highest BCUT2D eigenvalue weighted by atomic mass is 32.2. The third-order valence-corrected chi connectivity index (χ3v) is 4.06. The van der Waals surface area contributed by atoms with Crippen LogP contribution in [0.2, 0.25) is 0 Å². The second-order valence-corrected chi connectivity index (χ2v) is 5.61. The molecule has 116 valence electrons. The van der Waals surface area contributed by atoms with Gasteiger partial charge < -0.3 is 4.74 Å². The summed E-state index contributed by atoms with van der Waals surface area (Å²) in [6.45, 7) is 0. The van der Waals surface area contributed by atoms with E-state index in [4.69, 9.17) is 4.74 Å². The predicted octanol–water partition coefficient (Wildman–Crippen LogP) is 2.86. The quantitative estimate of drug-likeness (QED) is 0.515. The fourth-order valence-electron chi connectivity index (χ4n) is 1.96. The van der Waals surface area contributed by atoms with Gasteiger partial charge in [0.1, 0.15) is 18.4 Å². The molecule has 3 aromatic rings. The molecular weight excluding hydrogens is 310 g/mol. The standard InChI is InChI=1S/C16H15N5OS/c1-22-15-6-5-13(9-20-21-11-18-19-12-21)8-14(15)10-23-16-4-2-3-7-17-16/h2-9,11-12H,10H2,1H3/b20-9+. The van der Waals surface area contributed by atoms with Gasteiger partial charge in [0.15, 0.2) is 0 Å². The lowest BCUT2D eigenvalue weighted by molar-refractivity contribution is 0.411. The zero-order valence-electron chi connectivity index (χ0n) is 12.5. The summed E-state index contributed by atoms with van der Waals surface area (Å²) in [7, 11) is 1.68. The molecule has 3 rings (SSSR count). The molecule has 6 nitrogen and oxygen atoms in total. The highest BCUT2D eigenvalue weighted by molar-refractivity contribution is 7.98. The second kappa shape index (κ2) is 7.55. The van der Waals surface area contributed by atoms with Crippen LogP contribution in [0.4, 0.5) is 0 Å². The van der Waals surface area contributed by atoms with Gasteiger partial charge in [0, 0.05) is 17.5 Å². The van der Waals surface area contributed by atoms with Crippen molar-refractivity contribution in [2.24, 2.45) is 5.10 Å². The fraction of sp³-hybridized carbons (Fsp3) is 0.125. The maximum Gasteiger partial charge on any atom is 0.141 e. The van der Waals surface area contributed by atoms with Crippen LogP contribution in [-0.4, -0.2) is 33.2 Å². The molecule has 0 unspecified atom stereocenters. The van der Waals surface area contributed by atoms with Gasteiger partial charge in [-0.2, -0.15) is 5.10 Å². The van der Waals surface area contributed by atoms with Crippen LogP contribution in [0.3, 0.4) is 0 Å². The van der Waals surface area contributed by atoms with Crippen LogP contribution >= 0.6 is 11.8 Å². The molecule has 7 heteroatoms. The van der Waals surface area contributed by atoms with Crippen molar-refractivity contribution in [2.45, 2.75) is 10.8 Å². The number of nitrogens with zero attached hydrogens (tertiary/aromatic N) is 5. The Morgan fingerprint density at radius 1 is 1.22 bits per heavy atom. The fourth-order valence-corrected chi connectivity index (χ4v) is 2.80. The van der Waals surface area contributed by atoms with Crippen LogP contribution in [0.1, 0.15) is 11.1 Å². The van der Waals surface area contributed by atoms with Crippen molar-refractivity contribution in [3.05, 3.63) is 66.4 Å². The van der Waals surface area contributed by atoms with Crippen molar-refractivity contribution < 1.29 is 4.74 Å². The van der Waals surface area contributed by atoms with Crippen LogP contribution in [0, 0.1) is 0 Å². The molecule has 0 saturated carbocycles. The Kier molecular flexibility index (Phi) is 5.00. The topological polar surface area (TPSA) is 65.2 Å². The molecule has 2 heterocycles. The van der Waals surface area contributed by atoms with Gasteiger partial charge in [0.25, 0.3) is 0 Å². The van der Waals surface area contributed by atoms with E-state index in [1.807, 2.05) is 30.3 Å². The normalized spacial score (nSPS) is 11.0. The van der Waals surface area contributed by atoms with E-state index in [9.17, 15) is 0 Å². The van der Waals surface area contributed by atoms with Crippen LogP contribution in [-0.2, 0) is 5.75 Å². The molecule has 0 aliphatic carbocycles. The Labute approximate surface area is 138 Å². The Hall–Kier alpha value is -2.67. The molecular formula is C16H15N5OS. The molecule has 0 spiro atoms. The Bertz CT molecular complexity index is 774. The summed E-state index contributed by atoms with van der Waals surface area (Å²) in [6, 6.07) is 11.8. The predicted molar refractivity (Wildman–Crippen MR) is 89.8 cm³/mol. The lowest BCUT2D eigenvalue weighted by Gasteiger charge is -2.09. The molecule has 0 amide bonds. The Balaban J connectivity index is 1.76. The second-order valence-electron chi connectivity index (χ2n) is 4.61. The zero-order chi connectivity index (χ0) is 15.9. The largest absolute Gasteiger partial charge is 0.496 e. The van der Waals surface area contributed by atoms with E-state index in [2.05, 4.69) is 26.3 Å². The number of rotatable bonds is 6. The summed E-state index contributed by atoms with van der Waals surface area (Å²) in [6.07, 6.45) is 6.63. The number of pyridine rings is 1. The van der Waals surface area contributed by atoms with Crippen molar-refractivity contribution in [3.8, 4) is 5.75 Å². The number of aromatic nitrogens is 4. The van der Waals surface area contributed by atoms with Crippen LogP contribution < -0.4 is 4.74 Å². The van der Waals surface area contributed by atoms with Crippen molar-refractivity contribution in [2.75, 3.05) is 7.11 Å². The number of ether oxygens (including phenoxy) is 1. The smallest absolute Gasteiger partial charge is 0.141 e. The minimum absolute atomic E-state index is 0.772. The van der Waals surface area contributed by atoms with E-state index >= 15 is 0 Å². The molecule has 0 bridgehead atoms.